The zero-order valence-corrected chi connectivity index (χ0v) is 18.9. The minimum Gasteiger partial charge on any atom is -0.494 e. The average Bonchev–Trinajstić information content (AvgIpc) is 3.15. The van der Waals surface area contributed by atoms with Gasteiger partial charge in [0.05, 0.1) is 16.8 Å². The van der Waals surface area contributed by atoms with Crippen LogP contribution in [0.5, 0.6) is 5.75 Å². The van der Waals surface area contributed by atoms with Crippen LogP contribution in [0, 0.1) is 5.92 Å². The predicted octanol–water partition coefficient (Wildman–Crippen LogP) is 5.41. The Hall–Kier alpha value is -2.58. The zero-order valence-electron chi connectivity index (χ0n) is 17.2. The lowest BCUT2D eigenvalue weighted by Gasteiger charge is -2.11. The summed E-state index contributed by atoms with van der Waals surface area (Å²) in [5, 5.41) is 5.80. The number of carbonyl (C=O) groups is 2. The number of anilines is 2. The van der Waals surface area contributed by atoms with E-state index >= 15 is 0 Å². The van der Waals surface area contributed by atoms with E-state index in [4.69, 9.17) is 4.74 Å². The molecule has 0 bridgehead atoms. The number of carbonyl (C=O) groups excluding carboxylic acids is 2. The van der Waals surface area contributed by atoms with Crippen LogP contribution in [0.3, 0.4) is 0 Å². The molecule has 6 nitrogen and oxygen atoms in total. The molecule has 2 amide bonds. The average molecular weight is 444 g/mol. The van der Waals surface area contributed by atoms with Crippen molar-refractivity contribution < 1.29 is 14.3 Å². The van der Waals surface area contributed by atoms with E-state index in [-0.39, 0.29) is 17.7 Å². The van der Waals surface area contributed by atoms with Crippen LogP contribution in [0.4, 0.5) is 11.4 Å². The lowest BCUT2D eigenvalue weighted by atomic mass is 10.2. The topological polar surface area (TPSA) is 80.3 Å². The number of nitrogens with zero attached hydrogens (tertiary/aromatic N) is 1. The van der Waals surface area contributed by atoms with Crippen molar-refractivity contribution in [2.24, 2.45) is 5.92 Å². The Morgan fingerprint density at radius 1 is 1.10 bits per heavy atom. The first-order valence-electron chi connectivity index (χ1n) is 9.85. The standard InChI is InChI=1S/C22H25N3O3S2/c1-4-20(26)23-16-8-11-18-19(12-16)30-22(25-18)29-13-14(3)21(27)24-15-6-9-17(10-7-15)28-5-2/h6-12,14H,4-5,13H2,1-3H3,(H,23,26)(H,24,27)/t14-/m1/s1. The molecule has 3 aromatic rings. The molecule has 0 aliphatic rings. The lowest BCUT2D eigenvalue weighted by molar-refractivity contribution is -0.119. The van der Waals surface area contributed by atoms with Gasteiger partial charge in [-0.3, -0.25) is 9.59 Å². The van der Waals surface area contributed by atoms with E-state index in [1.54, 1.807) is 23.1 Å². The molecule has 1 heterocycles. The van der Waals surface area contributed by atoms with E-state index in [1.807, 2.05) is 63.2 Å². The molecule has 30 heavy (non-hydrogen) atoms. The number of hydrogen-bond acceptors (Lipinski definition) is 6. The van der Waals surface area contributed by atoms with Gasteiger partial charge in [0.25, 0.3) is 0 Å². The Morgan fingerprint density at radius 3 is 2.53 bits per heavy atom. The van der Waals surface area contributed by atoms with Gasteiger partial charge in [0.15, 0.2) is 4.34 Å². The summed E-state index contributed by atoms with van der Waals surface area (Å²) in [6.45, 7) is 6.27. The molecule has 2 N–H and O–H groups in total. The van der Waals surface area contributed by atoms with Crippen molar-refractivity contribution in [1.29, 1.82) is 0 Å². The van der Waals surface area contributed by atoms with Gasteiger partial charge in [-0.05, 0) is 49.4 Å². The van der Waals surface area contributed by atoms with E-state index in [0.29, 0.717) is 18.8 Å². The van der Waals surface area contributed by atoms with Crippen LogP contribution < -0.4 is 15.4 Å². The molecule has 3 rings (SSSR count). The highest BCUT2D eigenvalue weighted by molar-refractivity contribution is 8.01. The summed E-state index contributed by atoms with van der Waals surface area (Å²) in [7, 11) is 0. The van der Waals surface area contributed by atoms with E-state index in [1.165, 1.54) is 0 Å². The van der Waals surface area contributed by atoms with Crippen LogP contribution >= 0.6 is 23.1 Å². The maximum atomic E-state index is 12.5. The van der Waals surface area contributed by atoms with Crippen LogP contribution in [0.15, 0.2) is 46.8 Å². The Balaban J connectivity index is 1.55. The predicted molar refractivity (Wildman–Crippen MR) is 125 cm³/mol. The first-order chi connectivity index (χ1) is 14.5. The summed E-state index contributed by atoms with van der Waals surface area (Å²) in [5.41, 5.74) is 2.42. The fraction of sp³-hybridized carbons (Fsp3) is 0.318. The monoisotopic (exact) mass is 443 g/mol. The number of aromatic nitrogens is 1. The van der Waals surface area contributed by atoms with Crippen molar-refractivity contribution in [3.8, 4) is 5.75 Å². The first kappa shape index (κ1) is 22.1. The first-order valence-corrected chi connectivity index (χ1v) is 11.7. The van der Waals surface area contributed by atoms with Gasteiger partial charge in [-0.2, -0.15) is 0 Å². The highest BCUT2D eigenvalue weighted by Gasteiger charge is 2.15. The number of thiazole rings is 1. The van der Waals surface area contributed by atoms with Gasteiger partial charge in [-0.15, -0.1) is 11.3 Å². The van der Waals surface area contributed by atoms with Gasteiger partial charge in [0.1, 0.15) is 5.75 Å². The molecule has 0 saturated heterocycles. The van der Waals surface area contributed by atoms with E-state index in [0.717, 1.165) is 31.7 Å². The second-order valence-electron chi connectivity index (χ2n) is 6.72. The fourth-order valence-electron chi connectivity index (χ4n) is 2.63. The number of thioether (sulfide) groups is 1. The van der Waals surface area contributed by atoms with E-state index < -0.39 is 0 Å². The van der Waals surface area contributed by atoms with Crippen LogP contribution in [0.2, 0.25) is 0 Å². The molecule has 0 radical (unpaired) electrons. The van der Waals surface area contributed by atoms with Crippen LogP contribution in [0.25, 0.3) is 10.2 Å². The zero-order chi connectivity index (χ0) is 21.5. The molecular weight excluding hydrogens is 418 g/mol. The van der Waals surface area contributed by atoms with Crippen molar-refractivity contribution in [1.82, 2.24) is 4.98 Å². The third-order valence-electron chi connectivity index (χ3n) is 4.31. The van der Waals surface area contributed by atoms with Crippen molar-refractivity contribution in [2.75, 3.05) is 23.0 Å². The summed E-state index contributed by atoms with van der Waals surface area (Å²) < 4.78 is 7.33. The van der Waals surface area contributed by atoms with Crippen molar-refractivity contribution >= 4 is 56.5 Å². The largest absolute Gasteiger partial charge is 0.494 e. The normalized spacial score (nSPS) is 11.8. The van der Waals surface area contributed by atoms with Gasteiger partial charge >= 0.3 is 0 Å². The van der Waals surface area contributed by atoms with Gasteiger partial charge < -0.3 is 15.4 Å². The van der Waals surface area contributed by atoms with Gasteiger partial charge in [-0.1, -0.05) is 25.6 Å². The summed E-state index contributed by atoms with van der Waals surface area (Å²) in [4.78, 5) is 28.7. The Bertz CT molecular complexity index is 1020. The second-order valence-corrected chi connectivity index (χ2v) is 9.02. The Morgan fingerprint density at radius 2 is 1.83 bits per heavy atom. The molecule has 0 aliphatic heterocycles. The second kappa shape index (κ2) is 10.4. The molecule has 0 unspecified atom stereocenters. The maximum absolute atomic E-state index is 12.5. The van der Waals surface area contributed by atoms with Crippen molar-refractivity contribution in [3.63, 3.8) is 0 Å². The number of fused-ring (bicyclic) bond motifs is 1. The lowest BCUT2D eigenvalue weighted by Crippen LogP contribution is -2.22. The quantitative estimate of drug-likeness (QED) is 0.432. The Labute approximate surface area is 184 Å². The molecule has 158 valence electrons. The third kappa shape index (κ3) is 5.96. The fourth-order valence-corrected chi connectivity index (χ4v) is 4.78. The summed E-state index contributed by atoms with van der Waals surface area (Å²) in [6, 6.07) is 13.1. The molecule has 2 aromatic carbocycles. The van der Waals surface area contributed by atoms with Crippen molar-refractivity contribution in [3.05, 3.63) is 42.5 Å². The molecule has 0 spiro atoms. The summed E-state index contributed by atoms with van der Waals surface area (Å²) >= 11 is 3.13. The van der Waals surface area contributed by atoms with Crippen molar-refractivity contribution in [2.45, 2.75) is 31.5 Å². The summed E-state index contributed by atoms with van der Waals surface area (Å²) in [6.07, 6.45) is 0.443. The molecule has 1 aromatic heterocycles. The molecule has 1 atom stereocenters. The minimum absolute atomic E-state index is 0.0131. The molecule has 0 aliphatic carbocycles. The molecular formula is C22H25N3O3S2. The SMILES string of the molecule is CCOc1ccc(NC(=O)[C@H](C)CSc2nc3ccc(NC(=O)CC)cc3s2)cc1. The maximum Gasteiger partial charge on any atom is 0.228 e. The number of nitrogens with one attached hydrogen (secondary N) is 2. The van der Waals surface area contributed by atoms with E-state index in [9.17, 15) is 9.59 Å². The number of benzene rings is 2. The minimum atomic E-state index is -0.173. The number of rotatable bonds is 9. The summed E-state index contributed by atoms with van der Waals surface area (Å²) in [5.74, 6) is 1.20. The van der Waals surface area contributed by atoms with E-state index in [2.05, 4.69) is 15.6 Å². The highest BCUT2D eigenvalue weighted by atomic mass is 32.2. The molecule has 8 heteroatoms. The molecule has 0 saturated carbocycles. The smallest absolute Gasteiger partial charge is 0.228 e. The van der Waals surface area contributed by atoms with Gasteiger partial charge in [-0.25, -0.2) is 4.98 Å². The third-order valence-corrected chi connectivity index (χ3v) is 6.73. The van der Waals surface area contributed by atoms with Gasteiger partial charge in [0.2, 0.25) is 11.8 Å². The number of amides is 2. The Kier molecular flexibility index (Phi) is 7.70. The molecule has 0 fully saturated rings. The number of ether oxygens (including phenoxy) is 1. The van der Waals surface area contributed by atoms with Crippen LogP contribution in [-0.4, -0.2) is 29.2 Å². The van der Waals surface area contributed by atoms with Gasteiger partial charge in [0, 0.05) is 29.5 Å². The number of hydrogen-bond donors (Lipinski definition) is 2. The highest BCUT2D eigenvalue weighted by Crippen LogP contribution is 2.32. The van der Waals surface area contributed by atoms with Crippen LogP contribution in [0.1, 0.15) is 27.2 Å². The van der Waals surface area contributed by atoms with Crippen LogP contribution in [-0.2, 0) is 9.59 Å².